The lowest BCUT2D eigenvalue weighted by atomic mass is 9.79. The van der Waals surface area contributed by atoms with Crippen molar-refractivity contribution in [1.29, 1.82) is 0 Å². The van der Waals surface area contributed by atoms with Gasteiger partial charge in [0.05, 0.1) is 24.4 Å². The largest absolute Gasteiger partial charge is 0.477 e. The van der Waals surface area contributed by atoms with Gasteiger partial charge in [0.25, 0.3) is 0 Å². The third kappa shape index (κ3) is 5.04. The number of H-pyrrole nitrogens is 1. The molecule has 0 bridgehead atoms. The molecule has 0 aliphatic rings. The molecule has 0 aliphatic carbocycles. The van der Waals surface area contributed by atoms with Gasteiger partial charge in [-0.1, -0.05) is 17.0 Å². The number of carbonyl (C=O) groups is 2. The van der Waals surface area contributed by atoms with Crippen molar-refractivity contribution in [2.75, 3.05) is 5.75 Å². The maximum atomic E-state index is 11.9. The first-order valence-electron chi connectivity index (χ1n) is 6.66. The molecule has 0 saturated heterocycles. The van der Waals surface area contributed by atoms with Gasteiger partial charge in [-0.3, -0.25) is 9.48 Å². The van der Waals surface area contributed by atoms with E-state index in [0.717, 1.165) is 22.6 Å². The molecule has 128 valence electrons. The van der Waals surface area contributed by atoms with Crippen LogP contribution in [0.5, 0.6) is 0 Å². The second kappa shape index (κ2) is 7.89. The number of aromatic amines is 1. The molecular weight excluding hydrogens is 341 g/mol. The predicted molar refractivity (Wildman–Crippen MR) is 80.9 cm³/mol. The summed E-state index contributed by atoms with van der Waals surface area (Å²) in [4.78, 5) is 25.5. The predicted octanol–water partition coefficient (Wildman–Crippen LogP) is -2.31. The average Bonchev–Trinajstić information content (AvgIpc) is 3.13. The first-order valence-corrected chi connectivity index (χ1v) is 7.64. The van der Waals surface area contributed by atoms with Crippen molar-refractivity contribution in [1.82, 2.24) is 35.5 Å². The molecule has 24 heavy (non-hydrogen) atoms. The highest BCUT2D eigenvalue weighted by molar-refractivity contribution is 7.99. The summed E-state index contributed by atoms with van der Waals surface area (Å²) in [6, 6.07) is 0. The molecule has 2 rings (SSSR count). The summed E-state index contributed by atoms with van der Waals surface area (Å²) in [6.07, 6.45) is 1.12. The van der Waals surface area contributed by atoms with Gasteiger partial charge in [-0.15, -0.1) is 15.3 Å². The zero-order valence-corrected chi connectivity index (χ0v) is 13.3. The Bertz CT molecular complexity index is 720. The van der Waals surface area contributed by atoms with E-state index in [9.17, 15) is 19.6 Å². The Balaban J connectivity index is 1.89. The first-order chi connectivity index (χ1) is 11.3. The molecule has 0 saturated carbocycles. The molecule has 1 unspecified atom stereocenters. The van der Waals surface area contributed by atoms with Gasteiger partial charge in [0, 0.05) is 0 Å². The minimum absolute atomic E-state index is 0.0183. The second-order valence-electron chi connectivity index (χ2n) is 4.72. The Hall–Kier alpha value is -2.45. The van der Waals surface area contributed by atoms with E-state index >= 15 is 0 Å². The third-order valence-electron chi connectivity index (χ3n) is 2.77. The quantitative estimate of drug-likeness (QED) is 0.255. The summed E-state index contributed by atoms with van der Waals surface area (Å²) in [6.45, 7) is 1.56. The number of rotatable bonds is 8. The molecule has 0 fully saturated rings. The number of carbonyl (C=O) groups excluding carboxylic acids is 1. The summed E-state index contributed by atoms with van der Waals surface area (Å²) in [7, 11) is -1.86. The zero-order valence-electron chi connectivity index (χ0n) is 12.4. The van der Waals surface area contributed by atoms with Gasteiger partial charge < -0.3 is 25.5 Å². The normalized spacial score (nSPS) is 12.0. The Morgan fingerprint density at radius 2 is 2.17 bits per heavy atom. The highest BCUT2D eigenvalue weighted by atomic mass is 32.2. The SMILES string of the molecule is Cc1nnc(SCC(=O)NC(Cn2cc(C(=O)O)nn2)B(O)O)[nH]1. The third-order valence-corrected chi connectivity index (χ3v) is 3.63. The van der Waals surface area contributed by atoms with E-state index in [2.05, 4.69) is 30.8 Å². The lowest BCUT2D eigenvalue weighted by Crippen LogP contribution is -2.49. The molecule has 1 atom stereocenters. The number of aromatic nitrogens is 6. The Labute approximate surface area is 139 Å². The molecule has 1 amide bonds. The second-order valence-corrected chi connectivity index (χ2v) is 5.69. The minimum Gasteiger partial charge on any atom is -0.476 e. The number of carboxylic acids is 1. The Morgan fingerprint density at radius 3 is 2.71 bits per heavy atom. The van der Waals surface area contributed by atoms with Crippen molar-refractivity contribution in [3.05, 3.63) is 17.7 Å². The molecule has 0 aliphatic heterocycles. The fraction of sp³-hybridized carbons (Fsp3) is 0.400. The summed E-state index contributed by atoms with van der Waals surface area (Å²) >= 11 is 1.10. The van der Waals surface area contributed by atoms with Gasteiger partial charge in [0.1, 0.15) is 5.82 Å². The Kier molecular flexibility index (Phi) is 5.89. The van der Waals surface area contributed by atoms with E-state index in [1.165, 1.54) is 0 Å². The van der Waals surface area contributed by atoms with E-state index in [0.29, 0.717) is 11.0 Å². The van der Waals surface area contributed by atoms with Gasteiger partial charge in [0.2, 0.25) is 5.91 Å². The van der Waals surface area contributed by atoms with Crippen LogP contribution in [0.15, 0.2) is 11.4 Å². The van der Waals surface area contributed by atoms with Crippen LogP contribution in [0.4, 0.5) is 0 Å². The molecule has 0 radical (unpaired) electrons. The van der Waals surface area contributed by atoms with Crippen molar-refractivity contribution < 1.29 is 24.7 Å². The van der Waals surface area contributed by atoms with E-state index < -0.39 is 24.9 Å². The topological polar surface area (TPSA) is 179 Å². The standard InChI is InChI=1S/C10H14BN7O5S/c1-5-12-10(16-14-5)24-4-8(19)13-7(11(22)23)3-18-2-6(9(20)21)15-17-18/h2,7,22-23H,3-4H2,1H3,(H,13,19)(H,20,21)(H,12,14,16). The number of thioether (sulfide) groups is 1. The number of nitrogens with one attached hydrogen (secondary N) is 2. The summed E-state index contributed by atoms with van der Waals surface area (Å²) in [5.74, 6) is -2.22. The van der Waals surface area contributed by atoms with Crippen LogP contribution in [0, 0.1) is 6.92 Å². The number of aromatic carboxylic acids is 1. The van der Waals surface area contributed by atoms with Gasteiger partial charge >= 0.3 is 13.1 Å². The van der Waals surface area contributed by atoms with Crippen LogP contribution < -0.4 is 5.32 Å². The Morgan fingerprint density at radius 1 is 1.42 bits per heavy atom. The number of carboxylic acid groups (broad SMARTS) is 1. The molecule has 2 heterocycles. The van der Waals surface area contributed by atoms with Crippen LogP contribution >= 0.6 is 11.8 Å². The zero-order chi connectivity index (χ0) is 17.7. The van der Waals surface area contributed by atoms with Crippen molar-refractivity contribution in [2.45, 2.75) is 24.6 Å². The van der Waals surface area contributed by atoms with Gasteiger partial charge in [-0.25, -0.2) is 4.79 Å². The number of nitrogens with zero attached hydrogens (tertiary/aromatic N) is 5. The van der Waals surface area contributed by atoms with E-state index in [1.54, 1.807) is 6.92 Å². The van der Waals surface area contributed by atoms with Crippen molar-refractivity contribution in [2.24, 2.45) is 0 Å². The fourth-order valence-electron chi connectivity index (χ4n) is 1.67. The molecule has 12 nitrogen and oxygen atoms in total. The number of hydrogen-bond donors (Lipinski definition) is 5. The molecule has 0 spiro atoms. The molecule has 0 aromatic carbocycles. The van der Waals surface area contributed by atoms with Crippen LogP contribution in [0.3, 0.4) is 0 Å². The van der Waals surface area contributed by atoms with Crippen LogP contribution in [-0.4, -0.2) is 76.0 Å². The van der Waals surface area contributed by atoms with Crippen LogP contribution in [0.25, 0.3) is 0 Å². The summed E-state index contributed by atoms with van der Waals surface area (Å²) in [5.41, 5.74) is -0.288. The molecular formula is C10H14BN7O5S. The monoisotopic (exact) mass is 355 g/mol. The van der Waals surface area contributed by atoms with Crippen LogP contribution in [-0.2, 0) is 11.3 Å². The molecule has 5 N–H and O–H groups in total. The van der Waals surface area contributed by atoms with Gasteiger partial charge in [-0.05, 0) is 6.92 Å². The van der Waals surface area contributed by atoms with Crippen molar-refractivity contribution >= 4 is 30.8 Å². The summed E-state index contributed by atoms with van der Waals surface area (Å²) in [5, 5.41) is 44.8. The highest BCUT2D eigenvalue weighted by Crippen LogP contribution is 2.11. The lowest BCUT2D eigenvalue weighted by molar-refractivity contribution is -0.119. The fourth-order valence-corrected chi connectivity index (χ4v) is 2.34. The maximum Gasteiger partial charge on any atom is 0.477 e. The highest BCUT2D eigenvalue weighted by Gasteiger charge is 2.26. The average molecular weight is 355 g/mol. The number of amides is 1. The smallest absolute Gasteiger partial charge is 0.476 e. The minimum atomic E-state index is -1.86. The van der Waals surface area contributed by atoms with E-state index in [4.69, 9.17) is 5.11 Å². The van der Waals surface area contributed by atoms with Crippen LogP contribution in [0.1, 0.15) is 16.3 Å². The van der Waals surface area contributed by atoms with E-state index in [-0.39, 0.29) is 18.0 Å². The van der Waals surface area contributed by atoms with Gasteiger partial charge in [-0.2, -0.15) is 0 Å². The lowest BCUT2D eigenvalue weighted by Gasteiger charge is -2.17. The number of hydrogen-bond acceptors (Lipinski definition) is 9. The first kappa shape index (κ1) is 17.9. The van der Waals surface area contributed by atoms with E-state index in [1.807, 2.05) is 0 Å². The van der Waals surface area contributed by atoms with Gasteiger partial charge in [0.15, 0.2) is 10.9 Å². The molecule has 2 aromatic heterocycles. The number of aryl methyl sites for hydroxylation is 1. The molecule has 2 aromatic rings. The summed E-state index contributed by atoms with van der Waals surface area (Å²) < 4.78 is 1.10. The maximum absolute atomic E-state index is 11.9. The van der Waals surface area contributed by atoms with Crippen molar-refractivity contribution in [3.63, 3.8) is 0 Å². The van der Waals surface area contributed by atoms with Crippen molar-refractivity contribution in [3.8, 4) is 0 Å². The molecule has 14 heteroatoms. The van der Waals surface area contributed by atoms with Crippen LogP contribution in [0.2, 0.25) is 0 Å².